The average molecular weight is 453 g/mol. The molecular weight excluding hydrogens is 420 g/mol. The van der Waals surface area contributed by atoms with Crippen molar-refractivity contribution in [2.75, 3.05) is 44.2 Å². The lowest BCUT2D eigenvalue weighted by Crippen LogP contribution is -2.49. The number of anilines is 1. The molecule has 4 rings (SSSR count). The highest BCUT2D eigenvalue weighted by molar-refractivity contribution is 6.06. The van der Waals surface area contributed by atoms with Crippen molar-refractivity contribution in [3.8, 4) is 11.8 Å². The van der Waals surface area contributed by atoms with E-state index in [1.54, 1.807) is 4.90 Å². The van der Waals surface area contributed by atoms with E-state index >= 15 is 0 Å². The number of hydrogen-bond donors (Lipinski definition) is 2. The number of likely N-dealkylation sites (tertiary alicyclic amines) is 1. The summed E-state index contributed by atoms with van der Waals surface area (Å²) in [5, 5.41) is 5.67. The second-order valence-corrected chi connectivity index (χ2v) is 8.87. The first-order valence-electron chi connectivity index (χ1n) is 11.8. The Bertz CT molecular complexity index is 953. The van der Waals surface area contributed by atoms with Crippen LogP contribution in [0.15, 0.2) is 18.2 Å². The third-order valence-corrected chi connectivity index (χ3v) is 6.71. The van der Waals surface area contributed by atoms with E-state index in [1.165, 1.54) is 0 Å². The molecule has 0 bridgehead atoms. The molecule has 0 saturated carbocycles. The number of rotatable bonds is 4. The summed E-state index contributed by atoms with van der Waals surface area (Å²) in [4.78, 5) is 39.8. The van der Waals surface area contributed by atoms with Crippen molar-refractivity contribution >= 4 is 23.5 Å². The Morgan fingerprint density at radius 1 is 1.12 bits per heavy atom. The maximum absolute atomic E-state index is 12.7. The van der Waals surface area contributed by atoms with Crippen molar-refractivity contribution in [1.82, 2.24) is 15.5 Å². The minimum Gasteiger partial charge on any atom is -0.365 e. The maximum atomic E-state index is 12.7. The number of imide groups is 1. The molecule has 0 atom stereocenters. The van der Waals surface area contributed by atoms with Crippen LogP contribution >= 0.6 is 0 Å². The zero-order valence-corrected chi connectivity index (χ0v) is 19.2. The van der Waals surface area contributed by atoms with E-state index in [1.807, 2.05) is 30.0 Å². The second kappa shape index (κ2) is 10.8. The molecule has 33 heavy (non-hydrogen) atoms. The molecule has 8 heteroatoms. The summed E-state index contributed by atoms with van der Waals surface area (Å²) in [6.07, 6.45) is 3.97. The molecule has 0 aliphatic carbocycles. The molecule has 0 spiro atoms. The molecular formula is C25H32N4O4. The number of carbonyl (C=O) groups is 3. The van der Waals surface area contributed by atoms with Gasteiger partial charge >= 0.3 is 6.03 Å². The van der Waals surface area contributed by atoms with Crippen LogP contribution in [-0.2, 0) is 14.3 Å². The van der Waals surface area contributed by atoms with Crippen LogP contribution < -0.4 is 15.5 Å². The van der Waals surface area contributed by atoms with E-state index in [2.05, 4.69) is 22.5 Å². The van der Waals surface area contributed by atoms with Gasteiger partial charge in [0.1, 0.15) is 6.61 Å². The summed E-state index contributed by atoms with van der Waals surface area (Å²) in [5.41, 5.74) is 2.50. The summed E-state index contributed by atoms with van der Waals surface area (Å²) in [6, 6.07) is 5.26. The van der Waals surface area contributed by atoms with Crippen LogP contribution in [0.3, 0.4) is 0 Å². The zero-order valence-electron chi connectivity index (χ0n) is 19.2. The number of carbonyl (C=O) groups excluding carboxylic acids is 3. The van der Waals surface area contributed by atoms with Gasteiger partial charge in [-0.1, -0.05) is 17.9 Å². The van der Waals surface area contributed by atoms with E-state index in [-0.39, 0.29) is 24.3 Å². The van der Waals surface area contributed by atoms with Crippen molar-refractivity contribution in [3.63, 3.8) is 0 Å². The van der Waals surface area contributed by atoms with Crippen molar-refractivity contribution in [2.24, 2.45) is 5.92 Å². The molecule has 3 aliphatic rings. The SMILES string of the molecule is Cc1c(C#CCOC2CCN(C(=O)C3CCNCC3)CC2)cccc1N1CCC(=O)NC1=O. The molecule has 8 nitrogen and oxygen atoms in total. The lowest BCUT2D eigenvalue weighted by molar-refractivity contribution is -0.138. The van der Waals surface area contributed by atoms with Gasteiger partial charge in [-0.2, -0.15) is 0 Å². The number of hydrogen-bond acceptors (Lipinski definition) is 5. The minimum absolute atomic E-state index is 0.124. The molecule has 3 saturated heterocycles. The van der Waals surface area contributed by atoms with Gasteiger partial charge in [-0.25, -0.2) is 4.79 Å². The van der Waals surface area contributed by atoms with Crippen LogP contribution in [0.2, 0.25) is 0 Å². The smallest absolute Gasteiger partial charge is 0.328 e. The molecule has 4 amide bonds. The van der Waals surface area contributed by atoms with E-state index in [0.717, 1.165) is 68.7 Å². The number of nitrogens with zero attached hydrogens (tertiary/aromatic N) is 2. The van der Waals surface area contributed by atoms with Crippen molar-refractivity contribution in [2.45, 2.75) is 45.1 Å². The number of amides is 4. The standard InChI is InChI=1S/C25H32N4O4/c1-18-19(4-2-6-22(18)29-16-11-23(30)27-25(29)32)5-3-17-33-21-9-14-28(15-10-21)24(31)20-7-12-26-13-8-20/h2,4,6,20-21,26H,7-17H2,1H3,(H,27,30,32). The van der Waals surface area contributed by atoms with Crippen LogP contribution in [0, 0.1) is 24.7 Å². The summed E-state index contributed by atoms with van der Waals surface area (Å²) >= 11 is 0. The molecule has 1 aromatic carbocycles. The lowest BCUT2D eigenvalue weighted by Gasteiger charge is -2.35. The second-order valence-electron chi connectivity index (χ2n) is 8.87. The summed E-state index contributed by atoms with van der Waals surface area (Å²) < 4.78 is 5.96. The molecule has 3 aliphatic heterocycles. The van der Waals surface area contributed by atoms with E-state index in [9.17, 15) is 14.4 Å². The fourth-order valence-electron chi connectivity index (χ4n) is 4.71. The summed E-state index contributed by atoms with van der Waals surface area (Å²) in [7, 11) is 0. The van der Waals surface area contributed by atoms with Gasteiger partial charge in [-0.3, -0.25) is 19.8 Å². The van der Waals surface area contributed by atoms with Gasteiger partial charge in [-0.05, 0) is 63.4 Å². The number of urea groups is 1. The van der Waals surface area contributed by atoms with Crippen LogP contribution in [0.5, 0.6) is 0 Å². The van der Waals surface area contributed by atoms with Crippen LogP contribution in [0.1, 0.15) is 43.2 Å². The lowest BCUT2D eigenvalue weighted by atomic mass is 9.95. The molecule has 176 valence electrons. The van der Waals surface area contributed by atoms with Gasteiger partial charge in [0, 0.05) is 43.2 Å². The highest BCUT2D eigenvalue weighted by Crippen LogP contribution is 2.24. The Morgan fingerprint density at radius 2 is 1.88 bits per heavy atom. The first-order chi connectivity index (χ1) is 16.0. The van der Waals surface area contributed by atoms with Gasteiger partial charge in [0.25, 0.3) is 0 Å². The maximum Gasteiger partial charge on any atom is 0.328 e. The topological polar surface area (TPSA) is 91.0 Å². The van der Waals surface area contributed by atoms with Crippen LogP contribution in [-0.4, -0.2) is 68.2 Å². The van der Waals surface area contributed by atoms with E-state index in [0.29, 0.717) is 19.1 Å². The van der Waals surface area contributed by atoms with Gasteiger partial charge < -0.3 is 15.0 Å². The molecule has 3 fully saturated rings. The third-order valence-electron chi connectivity index (χ3n) is 6.71. The monoisotopic (exact) mass is 452 g/mol. The Hall–Kier alpha value is -2.89. The fourth-order valence-corrected chi connectivity index (χ4v) is 4.71. The molecule has 1 aromatic rings. The highest BCUT2D eigenvalue weighted by Gasteiger charge is 2.29. The van der Waals surface area contributed by atoms with Gasteiger partial charge in [0.05, 0.1) is 6.10 Å². The van der Waals surface area contributed by atoms with Crippen molar-refractivity contribution in [1.29, 1.82) is 0 Å². The Kier molecular flexibility index (Phi) is 7.63. The molecule has 0 unspecified atom stereocenters. The quantitative estimate of drug-likeness (QED) is 0.680. The first kappa shape index (κ1) is 23.3. The Morgan fingerprint density at radius 3 is 2.61 bits per heavy atom. The number of ether oxygens (including phenoxy) is 1. The predicted octanol–water partition coefficient (Wildman–Crippen LogP) is 1.80. The zero-order chi connectivity index (χ0) is 23.2. The van der Waals surface area contributed by atoms with Gasteiger partial charge in [0.15, 0.2) is 0 Å². The Balaban J connectivity index is 1.26. The fraction of sp³-hybridized carbons (Fsp3) is 0.560. The van der Waals surface area contributed by atoms with Crippen LogP contribution in [0.4, 0.5) is 10.5 Å². The number of benzene rings is 1. The number of piperidine rings is 2. The summed E-state index contributed by atoms with van der Waals surface area (Å²) in [5.74, 6) is 6.47. The van der Waals surface area contributed by atoms with E-state index in [4.69, 9.17) is 4.74 Å². The highest BCUT2D eigenvalue weighted by atomic mass is 16.5. The van der Waals surface area contributed by atoms with Crippen molar-refractivity contribution < 1.29 is 19.1 Å². The largest absolute Gasteiger partial charge is 0.365 e. The first-order valence-corrected chi connectivity index (χ1v) is 11.8. The molecule has 3 heterocycles. The molecule has 0 aromatic heterocycles. The van der Waals surface area contributed by atoms with Crippen molar-refractivity contribution in [3.05, 3.63) is 29.3 Å². The van der Waals surface area contributed by atoms with Gasteiger partial charge in [0.2, 0.25) is 11.8 Å². The summed E-state index contributed by atoms with van der Waals surface area (Å²) in [6.45, 7) is 5.99. The Labute approximate surface area is 195 Å². The molecule has 2 N–H and O–H groups in total. The van der Waals surface area contributed by atoms with Gasteiger partial charge in [-0.15, -0.1) is 0 Å². The predicted molar refractivity (Wildman–Crippen MR) is 125 cm³/mol. The third kappa shape index (κ3) is 5.73. The number of nitrogens with one attached hydrogen (secondary N) is 2. The normalized spacial score (nSPS) is 20.3. The van der Waals surface area contributed by atoms with E-state index < -0.39 is 6.03 Å². The average Bonchev–Trinajstić information content (AvgIpc) is 2.84. The van der Waals surface area contributed by atoms with Crippen LogP contribution in [0.25, 0.3) is 0 Å². The molecule has 0 radical (unpaired) electrons. The minimum atomic E-state index is -0.396.